The van der Waals surface area contributed by atoms with E-state index in [-0.39, 0.29) is 30.6 Å². The molecular weight excluding hydrogens is 614 g/mol. The second-order valence-electron chi connectivity index (χ2n) is 12.4. The summed E-state index contributed by atoms with van der Waals surface area (Å²) in [5.74, 6) is -1.09. The van der Waals surface area contributed by atoms with Crippen LogP contribution in [0.5, 0.6) is 0 Å². The number of alkyl carbamates (subject to hydrolysis) is 1. The van der Waals surface area contributed by atoms with Crippen molar-refractivity contribution in [2.75, 3.05) is 6.54 Å². The maximum Gasteiger partial charge on any atom is 0.408 e. The van der Waals surface area contributed by atoms with Crippen molar-refractivity contribution in [3.05, 3.63) is 150 Å². The van der Waals surface area contributed by atoms with E-state index in [1.165, 1.54) is 11.9 Å². The summed E-state index contributed by atoms with van der Waals surface area (Å²) in [6.07, 6.45) is 5.52. The highest BCUT2D eigenvalue weighted by Crippen LogP contribution is 2.43. The number of carbonyl (C=O) groups is 3. The number of imidazole rings is 1. The van der Waals surface area contributed by atoms with Crippen LogP contribution in [0.25, 0.3) is 11.1 Å². The first-order chi connectivity index (χ1) is 24.0. The number of H-pyrrole nitrogens is 1. The van der Waals surface area contributed by atoms with Crippen LogP contribution < -0.4 is 10.6 Å². The van der Waals surface area contributed by atoms with Crippen LogP contribution in [-0.2, 0) is 39.2 Å². The molecule has 1 aromatic heterocycles. The van der Waals surface area contributed by atoms with Gasteiger partial charge in [-0.3, -0.25) is 9.59 Å². The average molecular weight is 654 g/mol. The monoisotopic (exact) mass is 653 g/mol. The van der Waals surface area contributed by atoms with E-state index < -0.39 is 23.9 Å². The zero-order valence-electron chi connectivity index (χ0n) is 27.2. The molecule has 9 nitrogen and oxygen atoms in total. The highest BCUT2D eigenvalue weighted by molar-refractivity contribution is 6.41. The van der Waals surface area contributed by atoms with Crippen LogP contribution in [-0.4, -0.2) is 46.2 Å². The molecule has 0 radical (unpaired) electrons. The molecule has 0 spiro atoms. The molecule has 1 fully saturated rings. The molecule has 3 N–H and O–H groups in total. The number of benzene rings is 4. The third-order valence-electron chi connectivity index (χ3n) is 9.01. The molecule has 0 aliphatic heterocycles. The fourth-order valence-electron chi connectivity index (χ4n) is 6.06. The minimum absolute atomic E-state index is 0.0384. The number of hydrogen-bond donors (Lipinski definition) is 3. The van der Waals surface area contributed by atoms with Crippen LogP contribution in [0.2, 0.25) is 0 Å². The Balaban J connectivity index is 1.23. The van der Waals surface area contributed by atoms with E-state index in [0.717, 1.165) is 41.5 Å². The number of aromatic nitrogens is 2. The van der Waals surface area contributed by atoms with Gasteiger partial charge < -0.3 is 20.4 Å². The summed E-state index contributed by atoms with van der Waals surface area (Å²) >= 11 is 0. The fourth-order valence-corrected chi connectivity index (χ4v) is 6.06. The number of nitrogens with zero attached hydrogens (tertiary/aromatic N) is 2. The van der Waals surface area contributed by atoms with Gasteiger partial charge in [-0.1, -0.05) is 122 Å². The zero-order valence-corrected chi connectivity index (χ0v) is 27.2. The molecule has 1 aliphatic carbocycles. The molecule has 6 rings (SSSR count). The summed E-state index contributed by atoms with van der Waals surface area (Å²) in [6, 6.07) is 36.2. The summed E-state index contributed by atoms with van der Waals surface area (Å²) in [7, 11) is 0. The Labute approximate surface area is 285 Å². The molecular formula is C40H39N5O4. The van der Waals surface area contributed by atoms with Crippen molar-refractivity contribution in [1.29, 1.82) is 0 Å². The van der Waals surface area contributed by atoms with E-state index in [0.29, 0.717) is 12.2 Å². The van der Waals surface area contributed by atoms with Crippen molar-refractivity contribution >= 4 is 23.6 Å². The van der Waals surface area contributed by atoms with Gasteiger partial charge in [0.05, 0.1) is 6.33 Å². The van der Waals surface area contributed by atoms with Crippen molar-refractivity contribution in [2.45, 2.75) is 50.2 Å². The Morgan fingerprint density at radius 1 is 0.816 bits per heavy atom. The molecule has 0 bridgehead atoms. The first kappa shape index (κ1) is 33.1. The third-order valence-corrected chi connectivity index (χ3v) is 9.01. The van der Waals surface area contributed by atoms with E-state index in [1.54, 1.807) is 6.20 Å². The first-order valence-corrected chi connectivity index (χ1v) is 16.5. The van der Waals surface area contributed by atoms with E-state index in [9.17, 15) is 14.4 Å². The van der Waals surface area contributed by atoms with Crippen LogP contribution in [0.4, 0.5) is 4.79 Å². The summed E-state index contributed by atoms with van der Waals surface area (Å²) in [4.78, 5) is 52.0. The first-order valence-electron chi connectivity index (χ1n) is 16.5. The minimum Gasteiger partial charge on any atom is -0.445 e. The minimum atomic E-state index is -1.10. The van der Waals surface area contributed by atoms with Crippen LogP contribution in [0.1, 0.15) is 41.6 Å². The molecule has 9 heteroatoms. The molecule has 1 atom stereocenters. The fraction of sp³-hybridized carbons (Fsp3) is 0.225. The van der Waals surface area contributed by atoms with Crippen LogP contribution in [0.15, 0.2) is 133 Å². The van der Waals surface area contributed by atoms with Crippen molar-refractivity contribution in [3.63, 3.8) is 0 Å². The zero-order chi connectivity index (χ0) is 33.9. The van der Waals surface area contributed by atoms with Crippen LogP contribution in [0.3, 0.4) is 0 Å². The van der Waals surface area contributed by atoms with Crippen molar-refractivity contribution in [1.82, 2.24) is 20.6 Å². The van der Waals surface area contributed by atoms with E-state index in [2.05, 4.69) is 37.7 Å². The summed E-state index contributed by atoms with van der Waals surface area (Å²) in [5, 5.41) is 5.76. The summed E-state index contributed by atoms with van der Waals surface area (Å²) < 4.78 is 5.40. The Bertz CT molecular complexity index is 1850. The lowest BCUT2D eigenvalue weighted by atomic mass is 9.64. The Morgan fingerprint density at radius 3 is 2.10 bits per heavy atom. The maximum atomic E-state index is 13.9. The topological polar surface area (TPSA) is 126 Å². The normalized spacial score (nSPS) is 14.2. The largest absolute Gasteiger partial charge is 0.445 e. The number of ether oxygens (including phenoxy) is 1. The van der Waals surface area contributed by atoms with Gasteiger partial charge in [0.1, 0.15) is 18.4 Å². The highest BCUT2D eigenvalue weighted by atomic mass is 16.5. The lowest BCUT2D eigenvalue weighted by Crippen LogP contribution is -2.48. The molecule has 3 amide bonds. The molecule has 1 heterocycles. The molecule has 1 aliphatic rings. The van der Waals surface area contributed by atoms with Gasteiger partial charge in [0, 0.05) is 36.7 Å². The third kappa shape index (κ3) is 8.75. The average Bonchev–Trinajstić information content (AvgIpc) is 3.64. The summed E-state index contributed by atoms with van der Waals surface area (Å²) in [5.41, 5.74) is 5.46. The van der Waals surface area contributed by atoms with Gasteiger partial charge in [-0.05, 0) is 40.7 Å². The Kier molecular flexibility index (Phi) is 10.7. The lowest BCUT2D eigenvalue weighted by molar-refractivity contribution is -0.120. The number of amides is 3. The van der Waals surface area contributed by atoms with Gasteiger partial charge in [-0.25, -0.2) is 14.8 Å². The second kappa shape index (κ2) is 15.8. The van der Waals surface area contributed by atoms with Gasteiger partial charge >= 0.3 is 6.09 Å². The molecule has 0 unspecified atom stereocenters. The van der Waals surface area contributed by atoms with Crippen molar-refractivity contribution < 1.29 is 19.1 Å². The predicted molar refractivity (Wildman–Crippen MR) is 189 cm³/mol. The Hall–Kier alpha value is -5.83. The number of aliphatic imine (C=N–C) groups is 1. The van der Waals surface area contributed by atoms with Gasteiger partial charge in [0.2, 0.25) is 0 Å². The molecule has 1 saturated carbocycles. The van der Waals surface area contributed by atoms with E-state index in [4.69, 9.17) is 4.74 Å². The second-order valence-corrected chi connectivity index (χ2v) is 12.4. The number of carbonyl (C=O) groups excluding carboxylic acids is 3. The number of nitrogens with one attached hydrogen (secondary N) is 3. The quantitative estimate of drug-likeness (QED) is 0.128. The van der Waals surface area contributed by atoms with Crippen molar-refractivity contribution in [2.24, 2.45) is 4.99 Å². The van der Waals surface area contributed by atoms with E-state index >= 15 is 0 Å². The maximum absolute atomic E-state index is 13.9. The smallest absolute Gasteiger partial charge is 0.408 e. The van der Waals surface area contributed by atoms with Crippen LogP contribution in [0, 0.1) is 0 Å². The predicted octanol–water partition coefficient (Wildman–Crippen LogP) is 6.36. The Morgan fingerprint density at radius 2 is 1.47 bits per heavy atom. The number of aromatic amines is 1. The summed E-state index contributed by atoms with van der Waals surface area (Å²) in [6.45, 7) is 0.467. The van der Waals surface area contributed by atoms with E-state index in [1.807, 2.05) is 103 Å². The highest BCUT2D eigenvalue weighted by Gasteiger charge is 2.39. The lowest BCUT2D eigenvalue weighted by Gasteiger charge is -2.42. The van der Waals surface area contributed by atoms with Gasteiger partial charge in [-0.15, -0.1) is 0 Å². The molecule has 4 aromatic carbocycles. The van der Waals surface area contributed by atoms with Gasteiger partial charge in [-0.2, -0.15) is 0 Å². The van der Waals surface area contributed by atoms with Gasteiger partial charge in [0.25, 0.3) is 11.8 Å². The molecule has 49 heavy (non-hydrogen) atoms. The standard InChI is InChI=1S/C40H39N5O4/c46-37(42-27-40(21-10-22-40)33-15-8-3-9-16-33)35(23-29-17-19-32(20-18-29)31-13-6-2-7-14-31)44-38(47)36(24-34-25-41-28-43-34)45-39(48)49-26-30-11-4-1-5-12-30/h1-9,11-20,25,28,36H,10,21-24,26-27H2,(H,41,43)(H,42,46)(H,45,48)/t36-/m0/s1. The number of rotatable bonds is 13. The van der Waals surface area contributed by atoms with Gasteiger partial charge in [0.15, 0.2) is 0 Å². The SMILES string of the molecule is O=C(N[C@@H](Cc1cnc[nH]1)C(=O)N=C(Cc1ccc(-c2ccccc2)cc1)C(=O)NCC1(c2ccccc2)CCC1)OCc1ccccc1. The number of hydrogen-bond acceptors (Lipinski definition) is 5. The van der Waals surface area contributed by atoms with Crippen molar-refractivity contribution in [3.8, 4) is 11.1 Å². The molecule has 248 valence electrons. The molecule has 0 saturated heterocycles. The van der Waals surface area contributed by atoms with Crippen LogP contribution >= 0.6 is 0 Å². The molecule has 5 aromatic rings.